The molecule has 6 nitrogen and oxygen atoms in total. The Labute approximate surface area is 118 Å². The number of rotatable bonds is 7. The zero-order chi connectivity index (χ0) is 15.1. The molecule has 0 saturated carbocycles. The first-order chi connectivity index (χ1) is 9.49. The van der Waals surface area contributed by atoms with Gasteiger partial charge in [0.25, 0.3) is 5.69 Å². The summed E-state index contributed by atoms with van der Waals surface area (Å²) in [4.78, 5) is 22.3. The van der Waals surface area contributed by atoms with Crippen molar-refractivity contribution in [2.75, 3.05) is 5.32 Å². The van der Waals surface area contributed by atoms with E-state index >= 15 is 0 Å². The molecule has 0 heterocycles. The molecule has 0 aliphatic rings. The molecule has 2 N–H and O–H groups in total. The van der Waals surface area contributed by atoms with Gasteiger partial charge in [-0.1, -0.05) is 26.7 Å². The lowest BCUT2D eigenvalue weighted by Gasteiger charge is -2.15. The number of nitrogens with one attached hydrogen (secondary N) is 1. The Balaban J connectivity index is 2.87. The zero-order valence-electron chi connectivity index (χ0n) is 11.8. The molecule has 0 unspecified atom stereocenters. The van der Waals surface area contributed by atoms with Crippen molar-refractivity contribution < 1.29 is 14.8 Å². The van der Waals surface area contributed by atoms with Crippen LogP contribution in [0.25, 0.3) is 0 Å². The van der Waals surface area contributed by atoms with Gasteiger partial charge in [-0.3, -0.25) is 14.9 Å². The molecule has 0 radical (unpaired) electrons. The smallest absolute Gasteiger partial charge is 0.271 e. The topological polar surface area (TPSA) is 92.5 Å². The zero-order valence-corrected chi connectivity index (χ0v) is 11.8. The maximum Gasteiger partial charge on any atom is 0.271 e. The van der Waals surface area contributed by atoms with E-state index in [2.05, 4.69) is 5.32 Å². The molecule has 0 atom stereocenters. The average molecular weight is 280 g/mol. The molecule has 0 aliphatic carbocycles. The minimum absolute atomic E-state index is 0.0846. The summed E-state index contributed by atoms with van der Waals surface area (Å²) in [5.41, 5.74) is -0.0814. The van der Waals surface area contributed by atoms with Gasteiger partial charge in [0.15, 0.2) is 0 Å². The van der Waals surface area contributed by atoms with Crippen LogP contribution in [0.5, 0.6) is 5.75 Å². The minimum Gasteiger partial charge on any atom is -0.506 e. The first kappa shape index (κ1) is 15.9. The fourth-order valence-electron chi connectivity index (χ4n) is 2.08. The largest absolute Gasteiger partial charge is 0.506 e. The highest BCUT2D eigenvalue weighted by atomic mass is 16.6. The lowest BCUT2D eigenvalue weighted by molar-refractivity contribution is -0.384. The van der Waals surface area contributed by atoms with E-state index in [1.807, 2.05) is 13.8 Å². The lowest BCUT2D eigenvalue weighted by Crippen LogP contribution is -2.22. The van der Waals surface area contributed by atoms with Crippen molar-refractivity contribution in [3.63, 3.8) is 0 Å². The Bertz CT molecular complexity index is 482. The third-order valence-corrected chi connectivity index (χ3v) is 3.09. The van der Waals surface area contributed by atoms with Crippen LogP contribution >= 0.6 is 0 Å². The second-order valence-electron chi connectivity index (χ2n) is 4.72. The van der Waals surface area contributed by atoms with E-state index in [-0.39, 0.29) is 28.9 Å². The first-order valence-corrected chi connectivity index (χ1v) is 6.77. The lowest BCUT2D eigenvalue weighted by atomic mass is 9.97. The van der Waals surface area contributed by atoms with Crippen molar-refractivity contribution in [1.82, 2.24) is 0 Å². The van der Waals surface area contributed by atoms with Gasteiger partial charge in [0, 0.05) is 18.1 Å². The third-order valence-electron chi connectivity index (χ3n) is 3.09. The van der Waals surface area contributed by atoms with Crippen LogP contribution in [-0.2, 0) is 4.79 Å². The number of nitro groups is 1. The molecular weight excluding hydrogens is 260 g/mol. The van der Waals surface area contributed by atoms with E-state index in [1.165, 1.54) is 18.2 Å². The Morgan fingerprint density at radius 1 is 1.35 bits per heavy atom. The minimum atomic E-state index is -0.565. The van der Waals surface area contributed by atoms with E-state index in [0.717, 1.165) is 25.7 Å². The number of non-ortho nitro benzene ring substituents is 1. The van der Waals surface area contributed by atoms with Crippen LogP contribution in [0.1, 0.15) is 39.5 Å². The molecule has 6 heteroatoms. The Morgan fingerprint density at radius 2 is 1.95 bits per heavy atom. The molecule has 1 amide bonds. The van der Waals surface area contributed by atoms with Gasteiger partial charge in [0.1, 0.15) is 5.75 Å². The van der Waals surface area contributed by atoms with Crippen molar-refractivity contribution in [2.45, 2.75) is 39.5 Å². The van der Waals surface area contributed by atoms with Gasteiger partial charge in [0.2, 0.25) is 5.91 Å². The Kier molecular flexibility index (Phi) is 5.96. The summed E-state index contributed by atoms with van der Waals surface area (Å²) in [5, 5.41) is 23.0. The second-order valence-corrected chi connectivity index (χ2v) is 4.72. The van der Waals surface area contributed by atoms with Crippen LogP contribution < -0.4 is 5.32 Å². The summed E-state index contributed by atoms with van der Waals surface area (Å²) >= 11 is 0. The summed E-state index contributed by atoms with van der Waals surface area (Å²) < 4.78 is 0. The molecule has 0 aromatic heterocycles. The molecule has 1 aromatic carbocycles. The number of carbonyl (C=O) groups excluding carboxylic acids is 1. The van der Waals surface area contributed by atoms with E-state index in [4.69, 9.17) is 0 Å². The van der Waals surface area contributed by atoms with E-state index in [9.17, 15) is 20.0 Å². The molecule has 1 rings (SSSR count). The predicted octanol–water partition coefficient (Wildman–Crippen LogP) is 3.46. The Morgan fingerprint density at radius 3 is 2.45 bits per heavy atom. The molecule has 20 heavy (non-hydrogen) atoms. The fraction of sp³-hybridized carbons (Fsp3) is 0.500. The number of phenolic OH excluding ortho intramolecular Hbond substituents is 1. The monoisotopic (exact) mass is 280 g/mol. The number of aromatic hydroxyl groups is 1. The molecular formula is C14H20N2O4. The normalized spacial score (nSPS) is 10.6. The van der Waals surface area contributed by atoms with E-state index in [1.54, 1.807) is 0 Å². The number of amides is 1. The van der Waals surface area contributed by atoms with Gasteiger partial charge < -0.3 is 10.4 Å². The molecule has 0 bridgehead atoms. The highest BCUT2D eigenvalue weighted by Gasteiger charge is 2.19. The third kappa shape index (κ3) is 4.22. The number of carbonyl (C=O) groups is 1. The van der Waals surface area contributed by atoms with Crippen LogP contribution in [0.15, 0.2) is 18.2 Å². The van der Waals surface area contributed by atoms with Gasteiger partial charge in [0.05, 0.1) is 10.6 Å². The summed E-state index contributed by atoms with van der Waals surface area (Å²) in [6, 6.07) is 3.57. The number of nitrogens with zero attached hydrogens (tertiary/aromatic N) is 1. The van der Waals surface area contributed by atoms with E-state index in [0.29, 0.717) is 0 Å². The molecule has 0 fully saturated rings. The summed E-state index contributed by atoms with van der Waals surface area (Å²) in [5.74, 6) is -0.510. The molecule has 110 valence electrons. The summed E-state index contributed by atoms with van der Waals surface area (Å²) in [7, 11) is 0. The number of hydrogen-bond donors (Lipinski definition) is 2. The Hall–Kier alpha value is -2.11. The SMILES string of the molecule is CCCC(CCC)C(=O)Nc1cc([N+](=O)[O-])ccc1O. The summed E-state index contributed by atoms with van der Waals surface area (Å²) in [6.45, 7) is 4.00. The van der Waals surface area contributed by atoms with Crippen molar-refractivity contribution in [1.29, 1.82) is 0 Å². The number of benzene rings is 1. The predicted molar refractivity (Wildman–Crippen MR) is 76.7 cm³/mol. The van der Waals surface area contributed by atoms with Crippen molar-refractivity contribution >= 4 is 17.3 Å². The maximum absolute atomic E-state index is 12.1. The standard InChI is InChI=1S/C14H20N2O4/c1-3-5-10(6-4-2)14(18)15-12-9-11(16(19)20)7-8-13(12)17/h7-10,17H,3-6H2,1-2H3,(H,15,18). The highest BCUT2D eigenvalue weighted by Crippen LogP contribution is 2.29. The van der Waals surface area contributed by atoms with Gasteiger partial charge in [-0.2, -0.15) is 0 Å². The molecule has 0 spiro atoms. The highest BCUT2D eigenvalue weighted by molar-refractivity contribution is 5.94. The second kappa shape index (κ2) is 7.47. The van der Waals surface area contributed by atoms with Crippen molar-refractivity contribution in [3.05, 3.63) is 28.3 Å². The van der Waals surface area contributed by atoms with Crippen LogP contribution in [0.3, 0.4) is 0 Å². The van der Waals surface area contributed by atoms with Gasteiger partial charge in [-0.25, -0.2) is 0 Å². The van der Waals surface area contributed by atoms with Crippen molar-refractivity contribution in [3.8, 4) is 5.75 Å². The van der Waals surface area contributed by atoms with Gasteiger partial charge >= 0.3 is 0 Å². The molecule has 0 aliphatic heterocycles. The summed E-state index contributed by atoms with van der Waals surface area (Å²) in [6.07, 6.45) is 3.29. The van der Waals surface area contributed by atoms with Crippen LogP contribution in [0.4, 0.5) is 11.4 Å². The fourth-order valence-corrected chi connectivity index (χ4v) is 2.08. The van der Waals surface area contributed by atoms with Crippen LogP contribution in [0, 0.1) is 16.0 Å². The van der Waals surface area contributed by atoms with Gasteiger partial charge in [-0.15, -0.1) is 0 Å². The molecule has 0 saturated heterocycles. The molecule has 1 aromatic rings. The first-order valence-electron chi connectivity index (χ1n) is 6.77. The van der Waals surface area contributed by atoms with Crippen LogP contribution in [-0.4, -0.2) is 15.9 Å². The van der Waals surface area contributed by atoms with E-state index < -0.39 is 4.92 Å². The van der Waals surface area contributed by atoms with Crippen molar-refractivity contribution in [2.24, 2.45) is 5.92 Å². The average Bonchev–Trinajstić information content (AvgIpc) is 2.40. The number of nitro benzene ring substituents is 1. The number of phenols is 1. The maximum atomic E-state index is 12.1. The van der Waals surface area contributed by atoms with Crippen LogP contribution in [0.2, 0.25) is 0 Å². The number of hydrogen-bond acceptors (Lipinski definition) is 4. The number of anilines is 1. The van der Waals surface area contributed by atoms with Gasteiger partial charge in [-0.05, 0) is 18.9 Å². The quantitative estimate of drug-likeness (QED) is 0.454.